The quantitative estimate of drug-likeness (QED) is 0.458. The molecule has 0 fully saturated rings. The molecule has 0 aromatic rings. The van der Waals surface area contributed by atoms with Crippen LogP contribution in [0.15, 0.2) is 0 Å². The van der Waals surface area contributed by atoms with Gasteiger partial charge in [0, 0.05) is 0 Å². The summed E-state index contributed by atoms with van der Waals surface area (Å²) in [4.78, 5) is 0. The van der Waals surface area contributed by atoms with Crippen LogP contribution in [0.5, 0.6) is 0 Å². The summed E-state index contributed by atoms with van der Waals surface area (Å²) in [6.45, 7) is 0. The van der Waals surface area contributed by atoms with Crippen molar-refractivity contribution in [2.24, 2.45) is 0 Å². The summed E-state index contributed by atoms with van der Waals surface area (Å²) >= 11 is 0. The molecule has 0 unspecified atom stereocenters. The van der Waals surface area contributed by atoms with Gasteiger partial charge in [0.15, 0.2) is 0 Å². The van der Waals surface area contributed by atoms with Gasteiger partial charge in [0.05, 0.1) is 8.41 Å². The molecule has 0 aliphatic heterocycles. The van der Waals surface area contributed by atoms with Crippen LogP contribution in [0.1, 0.15) is 0 Å². The molecule has 0 rings (SSSR count). The van der Waals surface area contributed by atoms with Crippen LogP contribution < -0.4 is 0 Å². The van der Waals surface area contributed by atoms with Gasteiger partial charge < -0.3 is 12.3 Å². The van der Waals surface area contributed by atoms with Crippen LogP contribution in [0.4, 0.5) is 0 Å². The van der Waals surface area contributed by atoms with Crippen molar-refractivity contribution < 1.29 is 0 Å². The van der Waals surface area contributed by atoms with E-state index >= 15 is 0 Å². The van der Waals surface area contributed by atoms with Gasteiger partial charge in [0.1, 0.15) is 0 Å². The Hall–Kier alpha value is 1.49. The first-order chi connectivity index (χ1) is 0. The summed E-state index contributed by atoms with van der Waals surface area (Å²) in [5.41, 5.74) is 0. The molecule has 0 heterocycles. The minimum atomic E-state index is 0. The molecule has 0 aliphatic carbocycles. The van der Waals surface area contributed by atoms with Gasteiger partial charge >= 0.3 is 45.6 Å². The van der Waals surface area contributed by atoms with Gasteiger partial charge in [-0.3, -0.25) is 0 Å². The monoisotopic (exact) mass is 226 g/mol. The van der Waals surface area contributed by atoms with E-state index in [-0.39, 0.29) is 66.3 Å². The molecule has 0 radical (unpaired) electrons. The average molecular weight is 226 g/mol. The SMILES string of the molecule is B.[Ga+3].[In+3].[N-3].[N-3]. The van der Waals surface area contributed by atoms with Crippen LogP contribution in [0, 0.1) is 0 Å². The second kappa shape index (κ2) is 49.8. The summed E-state index contributed by atoms with van der Waals surface area (Å²) in [5, 5.41) is 0. The Morgan fingerprint density at radius 3 is 0.800 bits per heavy atom. The molecule has 0 N–H and O–H groups in total. The fourth-order valence-electron chi connectivity index (χ4n) is 0. The van der Waals surface area contributed by atoms with Gasteiger partial charge in [0.25, 0.3) is 0 Å². The summed E-state index contributed by atoms with van der Waals surface area (Å²) in [6.07, 6.45) is 0. The zero-order chi connectivity index (χ0) is 0. The zero-order valence-electron chi connectivity index (χ0n) is 2.05. The van der Waals surface area contributed by atoms with Crippen molar-refractivity contribution in [3.8, 4) is 0 Å². The van der Waals surface area contributed by atoms with Crippen molar-refractivity contribution in [1.82, 2.24) is 0 Å². The Balaban J connectivity index is 0. The second-order valence-electron chi connectivity index (χ2n) is 0. The topological polar surface area (TPSA) is 61.0 Å². The molecule has 0 saturated heterocycles. The predicted molar refractivity (Wildman–Crippen MR) is 28.2 cm³/mol. The van der Waals surface area contributed by atoms with E-state index in [0.717, 1.165) is 0 Å². The van der Waals surface area contributed by atoms with Crippen LogP contribution >= 0.6 is 0 Å². The van der Waals surface area contributed by atoms with Crippen molar-refractivity contribution in [2.45, 2.75) is 0 Å². The van der Waals surface area contributed by atoms with E-state index in [2.05, 4.69) is 0 Å². The van der Waals surface area contributed by atoms with Crippen molar-refractivity contribution in [3.63, 3.8) is 0 Å². The third kappa shape index (κ3) is 30.1. The molecule has 0 saturated carbocycles. The molecule has 0 atom stereocenters. The van der Waals surface area contributed by atoms with E-state index in [4.69, 9.17) is 0 Å². The number of hydrogen-bond donors (Lipinski definition) is 0. The van der Waals surface area contributed by atoms with E-state index in [0.29, 0.717) is 0 Å². The van der Waals surface area contributed by atoms with E-state index < -0.39 is 0 Å². The van der Waals surface area contributed by atoms with Crippen LogP contribution in [0.25, 0.3) is 12.3 Å². The van der Waals surface area contributed by atoms with Crippen LogP contribution in [-0.2, 0) is 0 Å². The fraction of sp³-hybridized carbons (Fsp3) is 0. The number of nitrogens with zero attached hydrogens (tertiary/aromatic N) is 2. The first-order valence-corrected chi connectivity index (χ1v) is 0. The van der Waals surface area contributed by atoms with Crippen molar-refractivity contribution in [2.75, 3.05) is 0 Å². The summed E-state index contributed by atoms with van der Waals surface area (Å²) in [6, 6.07) is 0. The molecule has 2 nitrogen and oxygen atoms in total. The van der Waals surface area contributed by atoms with E-state index in [1.807, 2.05) is 0 Å². The average Bonchev–Trinajstić information content (AvgIpc) is 0. The molecule has 0 aromatic heterocycles. The maximum Gasteiger partial charge on any atom is 3.00 e. The van der Waals surface area contributed by atoms with Gasteiger partial charge in [0.2, 0.25) is 0 Å². The van der Waals surface area contributed by atoms with Crippen molar-refractivity contribution in [1.29, 1.82) is 0 Å². The molecule has 0 bridgehead atoms. The van der Waals surface area contributed by atoms with Crippen LogP contribution in [-0.4, -0.2) is 54.0 Å². The minimum absolute atomic E-state index is 0. The van der Waals surface area contributed by atoms with Gasteiger partial charge in [-0.05, 0) is 0 Å². The zero-order valence-corrected chi connectivity index (χ0v) is 7.77. The predicted octanol–water partition coefficient (Wildman–Crippen LogP) is -1.37. The van der Waals surface area contributed by atoms with E-state index in [1.54, 1.807) is 0 Å². The third-order valence-electron chi connectivity index (χ3n) is 0. The molecule has 5 heavy (non-hydrogen) atoms. The Morgan fingerprint density at radius 2 is 0.800 bits per heavy atom. The van der Waals surface area contributed by atoms with Gasteiger partial charge in [-0.25, -0.2) is 0 Å². The van der Waals surface area contributed by atoms with Crippen molar-refractivity contribution in [3.05, 3.63) is 12.3 Å². The minimum Gasteiger partial charge on any atom is -3.00 e. The molecule has 5 heteroatoms. The molecular formula is H3BGaInN2. The van der Waals surface area contributed by atoms with Gasteiger partial charge in [-0.15, -0.1) is 0 Å². The van der Waals surface area contributed by atoms with E-state index in [9.17, 15) is 0 Å². The summed E-state index contributed by atoms with van der Waals surface area (Å²) in [7, 11) is 0. The Kier molecular flexibility index (Phi) is 877. The maximum absolute atomic E-state index is 0. The summed E-state index contributed by atoms with van der Waals surface area (Å²) < 4.78 is 0. The Bertz CT molecular complexity index is 9.61. The van der Waals surface area contributed by atoms with E-state index in [1.165, 1.54) is 0 Å². The number of hydrogen-bond acceptors (Lipinski definition) is 0. The number of rotatable bonds is 0. The molecule has 0 aliphatic rings. The van der Waals surface area contributed by atoms with Gasteiger partial charge in [-0.2, -0.15) is 0 Å². The molecule has 0 amide bonds. The molecule has 0 aromatic carbocycles. The van der Waals surface area contributed by atoms with Gasteiger partial charge in [-0.1, -0.05) is 0 Å². The standard InChI is InChI=1S/BH3.Ga.In.2N/h1H3;;;;/q;2*+3;2*-3. The molecular weight excluding hydrogens is 223 g/mol. The summed E-state index contributed by atoms with van der Waals surface area (Å²) in [5.74, 6) is 0. The molecule has 22 valence electrons. The first-order valence-electron chi connectivity index (χ1n) is 0. The Morgan fingerprint density at radius 1 is 0.800 bits per heavy atom. The van der Waals surface area contributed by atoms with Crippen molar-refractivity contribution >= 4 is 54.0 Å². The first kappa shape index (κ1) is 88.0. The molecule has 0 spiro atoms. The van der Waals surface area contributed by atoms with Crippen LogP contribution in [0.2, 0.25) is 0 Å². The third-order valence-corrected chi connectivity index (χ3v) is 0. The fourth-order valence-corrected chi connectivity index (χ4v) is 0. The maximum atomic E-state index is 0. The largest absolute Gasteiger partial charge is 3.00 e. The normalized spacial score (nSPS) is 0. The second-order valence-corrected chi connectivity index (χ2v) is 0. The Labute approximate surface area is 66.0 Å². The smallest absolute Gasteiger partial charge is 3.00 e. The van der Waals surface area contributed by atoms with Crippen LogP contribution in [0.3, 0.4) is 0 Å².